The number of hydrogen-bond acceptors (Lipinski definition) is 6. The Morgan fingerprint density at radius 3 is 2.46 bits per heavy atom. The first-order chi connectivity index (χ1) is 13.2. The molecule has 0 radical (unpaired) electrons. The van der Waals surface area contributed by atoms with Gasteiger partial charge in [-0.1, -0.05) is 6.07 Å². The van der Waals surface area contributed by atoms with E-state index in [-0.39, 0.29) is 17.7 Å². The molecule has 2 rings (SSSR count). The largest absolute Gasteiger partial charge is 0.393 e. The van der Waals surface area contributed by atoms with E-state index in [1.807, 2.05) is 28.1 Å². The summed E-state index contributed by atoms with van der Waals surface area (Å²) in [5.41, 5.74) is 0.219. The second kappa shape index (κ2) is 9.41. The van der Waals surface area contributed by atoms with Crippen LogP contribution in [0.15, 0.2) is 27.8 Å². The summed E-state index contributed by atoms with van der Waals surface area (Å²) in [5, 5.41) is 18.0. The Bertz CT molecular complexity index is 1000. The van der Waals surface area contributed by atoms with E-state index in [4.69, 9.17) is 15.1 Å². The zero-order chi connectivity index (χ0) is 21.0. The number of carbonyl (C=O) groups is 1. The summed E-state index contributed by atoms with van der Waals surface area (Å²) in [4.78, 5) is 42.2. The summed E-state index contributed by atoms with van der Waals surface area (Å²) in [6, 6.07) is 4.46. The van der Waals surface area contributed by atoms with Crippen molar-refractivity contribution in [3.05, 3.63) is 65.2 Å². The molecule has 9 nitrogen and oxygen atoms in total. The summed E-state index contributed by atoms with van der Waals surface area (Å²) in [5.74, 6) is -1.52. The number of nitrogens with one attached hydrogen (secondary N) is 1. The number of benzene rings is 1. The van der Waals surface area contributed by atoms with Crippen molar-refractivity contribution in [2.45, 2.75) is 12.5 Å². The van der Waals surface area contributed by atoms with Crippen molar-refractivity contribution in [2.75, 3.05) is 13.2 Å². The third-order valence-electron chi connectivity index (χ3n) is 4.11. The number of carbonyl (C=O) groups excluding carboxylic acids is 1. The molecule has 28 heavy (non-hydrogen) atoms. The lowest BCUT2D eigenvalue weighted by atomic mass is 10.0. The minimum atomic E-state index is -1.09. The zero-order valence-electron chi connectivity index (χ0n) is 15.1. The molecule has 11 heteroatoms. The molecule has 0 unspecified atom stereocenters. The number of amides is 1. The molecule has 0 atom stereocenters. The Balaban J connectivity index is 2.53. The maximum atomic E-state index is 14.3. The first kappa shape index (κ1) is 22.2. The van der Waals surface area contributed by atoms with Crippen LogP contribution in [0.3, 0.4) is 0 Å². The van der Waals surface area contributed by atoms with Crippen LogP contribution in [0.4, 0.5) is 4.39 Å². The van der Waals surface area contributed by atoms with E-state index >= 15 is 0 Å². The van der Waals surface area contributed by atoms with Gasteiger partial charge in [-0.3, -0.25) is 23.6 Å². The summed E-state index contributed by atoms with van der Waals surface area (Å²) < 4.78 is 16.8. The number of hydrogen-bond donors (Lipinski definition) is 3. The molecule has 0 aliphatic heterocycles. The average molecular weight is 507 g/mol. The molecule has 0 bridgehead atoms. The van der Waals surface area contributed by atoms with Crippen LogP contribution in [-0.4, -0.2) is 44.6 Å². The van der Waals surface area contributed by atoms with Crippen LogP contribution >= 0.6 is 22.6 Å². The number of halogens is 2. The molecular formula is C17H19FIN3O6. The maximum absolute atomic E-state index is 14.3. The fourth-order valence-corrected chi connectivity index (χ4v) is 2.94. The minimum absolute atomic E-state index is 0.00106. The smallest absolute Gasteiger partial charge is 0.330 e. The van der Waals surface area contributed by atoms with Gasteiger partial charge in [0, 0.05) is 29.8 Å². The van der Waals surface area contributed by atoms with Crippen molar-refractivity contribution < 1.29 is 24.2 Å². The van der Waals surface area contributed by atoms with E-state index < -0.39 is 47.9 Å². The van der Waals surface area contributed by atoms with Crippen molar-refractivity contribution in [3.63, 3.8) is 0 Å². The van der Waals surface area contributed by atoms with Crippen LogP contribution in [0.25, 0.3) is 0 Å². The Kier molecular flexibility index (Phi) is 7.46. The van der Waals surface area contributed by atoms with Gasteiger partial charge in [-0.25, -0.2) is 14.7 Å². The second-order valence-corrected chi connectivity index (χ2v) is 7.22. The van der Waals surface area contributed by atoms with E-state index in [2.05, 4.69) is 0 Å². The second-order valence-electron chi connectivity index (χ2n) is 5.98. The molecule has 1 amide bonds. The molecule has 2 aromatic rings. The highest BCUT2D eigenvalue weighted by Crippen LogP contribution is 2.17. The third kappa shape index (κ3) is 4.66. The Morgan fingerprint density at radius 2 is 1.89 bits per heavy atom. The standard InChI is InChI=1S/C17H19FIN3O6/c1-21-13(5-9-3-4-10(19)6-12(9)18)14(16(26)22(2)17(21)27)15(25)20-28-11(7-23)8-24/h3-4,6,11,23-24H,5,7-8H2,1-2H3,(H,20,25). The molecule has 1 heterocycles. The molecule has 0 aliphatic rings. The normalized spacial score (nSPS) is 11.1. The molecule has 1 aromatic carbocycles. The van der Waals surface area contributed by atoms with E-state index in [1.54, 1.807) is 6.07 Å². The van der Waals surface area contributed by atoms with Gasteiger partial charge < -0.3 is 10.2 Å². The maximum Gasteiger partial charge on any atom is 0.330 e. The van der Waals surface area contributed by atoms with E-state index in [0.29, 0.717) is 3.57 Å². The number of rotatable bonds is 7. The van der Waals surface area contributed by atoms with Crippen molar-refractivity contribution >= 4 is 28.5 Å². The van der Waals surface area contributed by atoms with Gasteiger partial charge >= 0.3 is 5.69 Å². The van der Waals surface area contributed by atoms with Crippen molar-refractivity contribution in [2.24, 2.45) is 14.1 Å². The fraction of sp³-hybridized carbons (Fsp3) is 0.353. The third-order valence-corrected chi connectivity index (χ3v) is 4.78. The van der Waals surface area contributed by atoms with Crippen molar-refractivity contribution in [1.82, 2.24) is 14.6 Å². The molecule has 0 saturated heterocycles. The lowest BCUT2D eigenvalue weighted by molar-refractivity contribution is -0.0620. The van der Waals surface area contributed by atoms with Gasteiger partial charge in [0.25, 0.3) is 11.5 Å². The lowest BCUT2D eigenvalue weighted by Gasteiger charge is -2.17. The number of aliphatic hydroxyl groups is 2. The van der Waals surface area contributed by atoms with E-state index in [9.17, 15) is 18.8 Å². The van der Waals surface area contributed by atoms with Crippen LogP contribution in [0, 0.1) is 9.39 Å². The van der Waals surface area contributed by atoms with Gasteiger partial charge in [0.1, 0.15) is 17.5 Å². The predicted molar refractivity (Wildman–Crippen MR) is 105 cm³/mol. The highest BCUT2D eigenvalue weighted by Gasteiger charge is 2.24. The Hall–Kier alpha value is -2.09. The van der Waals surface area contributed by atoms with Crippen LogP contribution in [0.5, 0.6) is 0 Å². The van der Waals surface area contributed by atoms with Gasteiger partial charge in [-0.15, -0.1) is 0 Å². The zero-order valence-corrected chi connectivity index (χ0v) is 17.3. The number of nitrogens with zero attached hydrogens (tertiary/aromatic N) is 2. The van der Waals surface area contributed by atoms with Crippen LogP contribution in [0.2, 0.25) is 0 Å². The summed E-state index contributed by atoms with van der Waals surface area (Å²) in [6.07, 6.45) is -1.27. The average Bonchev–Trinajstić information content (AvgIpc) is 2.67. The number of hydroxylamine groups is 1. The van der Waals surface area contributed by atoms with Crippen LogP contribution in [0.1, 0.15) is 21.6 Å². The topological polar surface area (TPSA) is 123 Å². The first-order valence-corrected chi connectivity index (χ1v) is 9.19. The highest BCUT2D eigenvalue weighted by molar-refractivity contribution is 14.1. The Morgan fingerprint density at radius 1 is 1.25 bits per heavy atom. The van der Waals surface area contributed by atoms with Crippen LogP contribution in [-0.2, 0) is 25.4 Å². The fourth-order valence-electron chi connectivity index (χ4n) is 2.49. The lowest BCUT2D eigenvalue weighted by Crippen LogP contribution is -2.45. The first-order valence-electron chi connectivity index (χ1n) is 8.11. The molecule has 152 valence electrons. The van der Waals surface area contributed by atoms with E-state index in [0.717, 1.165) is 9.13 Å². The van der Waals surface area contributed by atoms with Gasteiger partial charge in [-0.05, 0) is 40.3 Å². The molecule has 0 saturated carbocycles. The van der Waals surface area contributed by atoms with Gasteiger partial charge in [0.15, 0.2) is 0 Å². The van der Waals surface area contributed by atoms with Crippen LogP contribution < -0.4 is 16.7 Å². The molecule has 3 N–H and O–H groups in total. The molecule has 0 spiro atoms. The van der Waals surface area contributed by atoms with E-state index in [1.165, 1.54) is 26.2 Å². The van der Waals surface area contributed by atoms with Gasteiger partial charge in [0.05, 0.1) is 13.2 Å². The molecule has 0 aliphatic carbocycles. The highest BCUT2D eigenvalue weighted by atomic mass is 127. The number of aliphatic hydroxyl groups excluding tert-OH is 2. The van der Waals surface area contributed by atoms with Gasteiger partial charge in [0.2, 0.25) is 0 Å². The van der Waals surface area contributed by atoms with Gasteiger partial charge in [-0.2, -0.15) is 0 Å². The number of aromatic nitrogens is 2. The SMILES string of the molecule is Cn1c(Cc2ccc(I)cc2F)c(C(=O)NOC(CO)CO)c(=O)n(C)c1=O. The summed E-state index contributed by atoms with van der Waals surface area (Å²) >= 11 is 1.95. The molecule has 0 fully saturated rings. The quantitative estimate of drug-likeness (QED) is 0.341. The molecular weight excluding hydrogens is 488 g/mol. The predicted octanol–water partition coefficient (Wildman–Crippen LogP) is -0.567. The minimum Gasteiger partial charge on any atom is -0.393 e. The Labute approximate surface area is 172 Å². The summed E-state index contributed by atoms with van der Waals surface area (Å²) in [6.45, 7) is -1.13. The van der Waals surface area contributed by atoms with Crippen molar-refractivity contribution in [1.29, 1.82) is 0 Å². The summed E-state index contributed by atoms with van der Waals surface area (Å²) in [7, 11) is 2.57. The molecule has 1 aromatic heterocycles. The van der Waals surface area contributed by atoms with Crippen molar-refractivity contribution in [3.8, 4) is 0 Å². The monoisotopic (exact) mass is 507 g/mol.